The van der Waals surface area contributed by atoms with Crippen molar-refractivity contribution in [3.63, 3.8) is 0 Å². The number of nitrogens with zero attached hydrogens (tertiary/aromatic N) is 4. The molecular formula is C23H21ClN4O2. The standard InChI is InChI=1S/C23H21ClN4O2/c1-23(2,3)16-6-4-15(5-7-16)22(29)30-14-18-13-28(27-26-18)21-10-11-25-20-12-17(24)8-9-19(20)21/h4-13H,14H2,1-3H3. The van der Waals surface area contributed by atoms with Gasteiger partial charge in [0, 0.05) is 16.6 Å². The molecule has 0 amide bonds. The van der Waals surface area contributed by atoms with E-state index in [4.69, 9.17) is 16.3 Å². The topological polar surface area (TPSA) is 69.9 Å². The normalized spacial score (nSPS) is 11.6. The van der Waals surface area contributed by atoms with Crippen molar-refractivity contribution < 1.29 is 9.53 Å². The lowest BCUT2D eigenvalue weighted by Gasteiger charge is -2.18. The van der Waals surface area contributed by atoms with E-state index >= 15 is 0 Å². The highest BCUT2D eigenvalue weighted by molar-refractivity contribution is 6.31. The molecule has 0 aliphatic rings. The Hall–Kier alpha value is -3.25. The Kier molecular flexibility index (Phi) is 5.26. The van der Waals surface area contributed by atoms with E-state index in [1.54, 1.807) is 41.3 Å². The lowest BCUT2D eigenvalue weighted by Crippen LogP contribution is -2.12. The Bertz CT molecular complexity index is 1210. The number of benzene rings is 2. The quantitative estimate of drug-likeness (QED) is 0.428. The molecule has 0 saturated heterocycles. The van der Waals surface area contributed by atoms with Gasteiger partial charge in [-0.15, -0.1) is 5.10 Å². The molecule has 0 aliphatic heterocycles. The van der Waals surface area contributed by atoms with Crippen LogP contribution in [0, 0.1) is 0 Å². The molecule has 2 heterocycles. The van der Waals surface area contributed by atoms with Gasteiger partial charge in [0.25, 0.3) is 0 Å². The second-order valence-electron chi connectivity index (χ2n) is 8.05. The van der Waals surface area contributed by atoms with Crippen LogP contribution in [0.25, 0.3) is 16.6 Å². The fraction of sp³-hybridized carbons (Fsp3) is 0.217. The number of esters is 1. The number of aromatic nitrogens is 4. The summed E-state index contributed by atoms with van der Waals surface area (Å²) in [5, 5.41) is 9.80. The number of halogens is 1. The van der Waals surface area contributed by atoms with Gasteiger partial charge in [0.15, 0.2) is 0 Å². The second kappa shape index (κ2) is 7.88. The summed E-state index contributed by atoms with van der Waals surface area (Å²) in [6, 6.07) is 14.8. The van der Waals surface area contributed by atoms with Crippen molar-refractivity contribution in [3.8, 4) is 5.69 Å². The predicted octanol–water partition coefficient (Wildman–Crippen LogP) is 5.12. The van der Waals surface area contributed by atoms with Crippen LogP contribution in [0.4, 0.5) is 0 Å². The highest BCUT2D eigenvalue weighted by Gasteiger charge is 2.15. The molecule has 0 radical (unpaired) electrons. The van der Waals surface area contributed by atoms with Crippen LogP contribution in [0.1, 0.15) is 42.4 Å². The third-order valence-corrected chi connectivity index (χ3v) is 5.04. The number of pyridine rings is 1. The van der Waals surface area contributed by atoms with Crippen molar-refractivity contribution >= 4 is 28.5 Å². The molecule has 2 aromatic heterocycles. The summed E-state index contributed by atoms with van der Waals surface area (Å²) in [6.45, 7) is 6.42. The molecule has 0 aliphatic carbocycles. The Balaban J connectivity index is 1.47. The molecule has 2 aromatic carbocycles. The van der Waals surface area contributed by atoms with Crippen LogP contribution in [0.15, 0.2) is 60.9 Å². The highest BCUT2D eigenvalue weighted by Crippen LogP contribution is 2.24. The molecule has 6 nitrogen and oxygen atoms in total. The first-order valence-corrected chi connectivity index (χ1v) is 9.92. The molecule has 0 saturated carbocycles. The summed E-state index contributed by atoms with van der Waals surface area (Å²) < 4.78 is 7.05. The van der Waals surface area contributed by atoms with Crippen molar-refractivity contribution in [2.24, 2.45) is 0 Å². The molecule has 0 fully saturated rings. The molecule has 152 valence electrons. The van der Waals surface area contributed by atoms with Crippen LogP contribution in [-0.4, -0.2) is 25.9 Å². The number of carbonyl (C=O) groups is 1. The summed E-state index contributed by atoms with van der Waals surface area (Å²) in [7, 11) is 0. The Labute approximate surface area is 179 Å². The molecule has 30 heavy (non-hydrogen) atoms. The van der Waals surface area contributed by atoms with Gasteiger partial charge in [0.2, 0.25) is 0 Å². The van der Waals surface area contributed by atoms with Gasteiger partial charge in [-0.1, -0.05) is 49.7 Å². The van der Waals surface area contributed by atoms with Crippen LogP contribution in [-0.2, 0) is 16.8 Å². The van der Waals surface area contributed by atoms with Crippen molar-refractivity contribution in [2.45, 2.75) is 32.8 Å². The molecule has 0 spiro atoms. The Morgan fingerprint density at radius 3 is 2.60 bits per heavy atom. The maximum atomic E-state index is 12.4. The van der Waals surface area contributed by atoms with E-state index in [2.05, 4.69) is 36.1 Å². The largest absolute Gasteiger partial charge is 0.455 e. The van der Waals surface area contributed by atoms with Gasteiger partial charge in [-0.25, -0.2) is 9.48 Å². The van der Waals surface area contributed by atoms with E-state index in [0.717, 1.165) is 22.2 Å². The smallest absolute Gasteiger partial charge is 0.338 e. The van der Waals surface area contributed by atoms with E-state index in [9.17, 15) is 4.79 Å². The van der Waals surface area contributed by atoms with Crippen molar-refractivity contribution in [1.82, 2.24) is 20.0 Å². The predicted molar refractivity (Wildman–Crippen MR) is 116 cm³/mol. The molecule has 0 unspecified atom stereocenters. The van der Waals surface area contributed by atoms with Gasteiger partial charge in [-0.3, -0.25) is 4.98 Å². The molecule has 7 heteroatoms. The number of fused-ring (bicyclic) bond motifs is 1. The SMILES string of the molecule is CC(C)(C)c1ccc(C(=O)OCc2cn(-c3ccnc4cc(Cl)ccc34)nn2)cc1. The zero-order valence-corrected chi connectivity index (χ0v) is 17.7. The van der Waals surface area contributed by atoms with Crippen LogP contribution in [0.3, 0.4) is 0 Å². The van der Waals surface area contributed by atoms with Gasteiger partial charge < -0.3 is 4.74 Å². The maximum Gasteiger partial charge on any atom is 0.338 e. The average Bonchev–Trinajstić information content (AvgIpc) is 3.19. The average molecular weight is 421 g/mol. The fourth-order valence-electron chi connectivity index (χ4n) is 3.12. The molecule has 4 rings (SSSR count). The summed E-state index contributed by atoms with van der Waals surface area (Å²) in [6.07, 6.45) is 3.43. The van der Waals surface area contributed by atoms with Crippen molar-refractivity contribution in [1.29, 1.82) is 0 Å². The minimum atomic E-state index is -0.394. The number of hydrogen-bond acceptors (Lipinski definition) is 5. The molecule has 0 N–H and O–H groups in total. The lowest BCUT2D eigenvalue weighted by atomic mass is 9.87. The van der Waals surface area contributed by atoms with Gasteiger partial charge in [0.05, 0.1) is 23.0 Å². The van der Waals surface area contributed by atoms with Gasteiger partial charge in [0.1, 0.15) is 12.3 Å². The third kappa shape index (κ3) is 4.19. The molecular weight excluding hydrogens is 400 g/mol. The number of rotatable bonds is 4. The van der Waals surface area contributed by atoms with Gasteiger partial charge in [-0.2, -0.15) is 0 Å². The number of ether oxygens (including phenoxy) is 1. The van der Waals surface area contributed by atoms with E-state index in [1.807, 2.05) is 24.3 Å². The van der Waals surface area contributed by atoms with Gasteiger partial charge in [-0.05, 0) is 47.4 Å². The minimum absolute atomic E-state index is 0.0312. The Morgan fingerprint density at radius 2 is 1.87 bits per heavy atom. The Morgan fingerprint density at radius 1 is 1.10 bits per heavy atom. The lowest BCUT2D eigenvalue weighted by molar-refractivity contribution is 0.0467. The summed E-state index contributed by atoms with van der Waals surface area (Å²) in [5.74, 6) is -0.394. The highest BCUT2D eigenvalue weighted by atomic mass is 35.5. The van der Waals surface area contributed by atoms with Crippen LogP contribution < -0.4 is 0 Å². The second-order valence-corrected chi connectivity index (χ2v) is 8.49. The fourth-order valence-corrected chi connectivity index (χ4v) is 3.28. The monoisotopic (exact) mass is 420 g/mol. The van der Waals surface area contributed by atoms with E-state index in [0.29, 0.717) is 16.3 Å². The zero-order valence-electron chi connectivity index (χ0n) is 17.0. The van der Waals surface area contributed by atoms with E-state index < -0.39 is 5.97 Å². The summed E-state index contributed by atoms with van der Waals surface area (Å²) in [5.41, 5.74) is 3.83. The number of hydrogen-bond donors (Lipinski definition) is 0. The minimum Gasteiger partial charge on any atom is -0.455 e. The molecule has 0 bridgehead atoms. The van der Waals surface area contributed by atoms with E-state index in [1.165, 1.54) is 0 Å². The van der Waals surface area contributed by atoms with Crippen molar-refractivity contribution in [2.75, 3.05) is 0 Å². The van der Waals surface area contributed by atoms with Crippen LogP contribution >= 0.6 is 11.6 Å². The first-order chi connectivity index (χ1) is 14.3. The van der Waals surface area contributed by atoms with E-state index in [-0.39, 0.29) is 12.0 Å². The van der Waals surface area contributed by atoms with Crippen LogP contribution in [0.2, 0.25) is 5.02 Å². The number of carbonyl (C=O) groups excluding carboxylic acids is 1. The summed E-state index contributed by atoms with van der Waals surface area (Å²) in [4.78, 5) is 16.7. The van der Waals surface area contributed by atoms with Crippen molar-refractivity contribution in [3.05, 3.63) is 82.8 Å². The summed E-state index contributed by atoms with van der Waals surface area (Å²) >= 11 is 6.05. The zero-order chi connectivity index (χ0) is 21.3. The van der Waals surface area contributed by atoms with Gasteiger partial charge >= 0.3 is 5.97 Å². The molecule has 4 aromatic rings. The first kappa shape index (κ1) is 20.0. The maximum absolute atomic E-state index is 12.4. The van der Waals surface area contributed by atoms with Crippen LogP contribution in [0.5, 0.6) is 0 Å². The first-order valence-electron chi connectivity index (χ1n) is 9.55. The molecule has 0 atom stereocenters. The third-order valence-electron chi connectivity index (χ3n) is 4.81.